The maximum absolute atomic E-state index is 12.8. The fourth-order valence-corrected chi connectivity index (χ4v) is 4.42. The molecule has 1 amide bonds. The third-order valence-electron chi connectivity index (χ3n) is 4.98. The van der Waals surface area contributed by atoms with E-state index in [1.165, 1.54) is 12.1 Å². The molecule has 0 saturated carbocycles. The van der Waals surface area contributed by atoms with Gasteiger partial charge in [0.25, 0.3) is 15.9 Å². The summed E-state index contributed by atoms with van der Waals surface area (Å²) in [5.41, 5.74) is 0.961. The molecule has 4 rings (SSSR count). The van der Waals surface area contributed by atoms with Crippen molar-refractivity contribution in [3.8, 4) is 0 Å². The van der Waals surface area contributed by atoms with Crippen molar-refractivity contribution in [3.05, 3.63) is 84.6 Å². The summed E-state index contributed by atoms with van der Waals surface area (Å²) in [6.45, 7) is 2.59. The molecule has 30 heavy (non-hydrogen) atoms. The van der Waals surface area contributed by atoms with Crippen molar-refractivity contribution >= 4 is 27.4 Å². The SMILES string of the molecule is O=C(c1ccc(S(=O)(=O)Nc2ccccc2)cc1)N1CCN(c2ccccn2)CC1. The van der Waals surface area contributed by atoms with E-state index in [4.69, 9.17) is 0 Å². The molecule has 0 spiro atoms. The molecular formula is C22H22N4O3S. The minimum Gasteiger partial charge on any atom is -0.353 e. The lowest BCUT2D eigenvalue weighted by Gasteiger charge is -2.35. The zero-order chi connectivity index (χ0) is 21.0. The maximum Gasteiger partial charge on any atom is 0.261 e. The molecule has 1 fully saturated rings. The van der Waals surface area contributed by atoms with E-state index in [1.807, 2.05) is 24.3 Å². The fraction of sp³-hybridized carbons (Fsp3) is 0.182. The molecule has 0 bridgehead atoms. The molecule has 154 valence electrons. The zero-order valence-corrected chi connectivity index (χ0v) is 17.1. The highest BCUT2D eigenvalue weighted by Gasteiger charge is 2.23. The summed E-state index contributed by atoms with van der Waals surface area (Å²) >= 11 is 0. The Hall–Kier alpha value is -3.39. The number of aromatic nitrogens is 1. The molecule has 2 heterocycles. The Morgan fingerprint density at radius 2 is 1.50 bits per heavy atom. The molecule has 1 saturated heterocycles. The molecule has 0 unspecified atom stereocenters. The van der Waals surface area contributed by atoms with Crippen LogP contribution in [0.3, 0.4) is 0 Å². The van der Waals surface area contributed by atoms with Crippen LogP contribution >= 0.6 is 0 Å². The Morgan fingerprint density at radius 1 is 0.833 bits per heavy atom. The highest BCUT2D eigenvalue weighted by Crippen LogP contribution is 2.18. The number of carbonyl (C=O) groups is 1. The van der Waals surface area contributed by atoms with Crippen LogP contribution in [0, 0.1) is 0 Å². The van der Waals surface area contributed by atoms with Gasteiger partial charge in [-0.3, -0.25) is 9.52 Å². The summed E-state index contributed by atoms with van der Waals surface area (Å²) < 4.78 is 27.6. The van der Waals surface area contributed by atoms with Gasteiger partial charge in [0.15, 0.2) is 0 Å². The Balaban J connectivity index is 1.40. The minimum absolute atomic E-state index is 0.101. The molecule has 0 atom stereocenters. The number of nitrogens with zero attached hydrogens (tertiary/aromatic N) is 3. The fourth-order valence-electron chi connectivity index (χ4n) is 3.36. The monoisotopic (exact) mass is 422 g/mol. The highest BCUT2D eigenvalue weighted by atomic mass is 32.2. The van der Waals surface area contributed by atoms with Gasteiger partial charge in [-0.25, -0.2) is 13.4 Å². The molecule has 3 aromatic rings. The van der Waals surface area contributed by atoms with Gasteiger partial charge in [-0.05, 0) is 48.5 Å². The van der Waals surface area contributed by atoms with Crippen molar-refractivity contribution in [2.24, 2.45) is 0 Å². The normalized spacial score (nSPS) is 14.4. The van der Waals surface area contributed by atoms with Gasteiger partial charge in [0.05, 0.1) is 4.90 Å². The van der Waals surface area contributed by atoms with Gasteiger partial charge in [0.1, 0.15) is 5.82 Å². The number of hydrogen-bond donors (Lipinski definition) is 1. The predicted octanol–water partition coefficient (Wildman–Crippen LogP) is 2.84. The number of amides is 1. The number of benzene rings is 2. The van der Waals surface area contributed by atoms with Crippen molar-refractivity contribution in [2.45, 2.75) is 4.90 Å². The van der Waals surface area contributed by atoms with Crippen LogP contribution in [0.1, 0.15) is 10.4 Å². The van der Waals surface area contributed by atoms with Crippen LogP contribution < -0.4 is 9.62 Å². The van der Waals surface area contributed by atoms with E-state index in [1.54, 1.807) is 47.5 Å². The van der Waals surface area contributed by atoms with E-state index in [-0.39, 0.29) is 10.8 Å². The van der Waals surface area contributed by atoms with Gasteiger partial charge < -0.3 is 9.80 Å². The lowest BCUT2D eigenvalue weighted by Crippen LogP contribution is -2.49. The minimum atomic E-state index is -3.71. The highest BCUT2D eigenvalue weighted by molar-refractivity contribution is 7.92. The Kier molecular flexibility index (Phi) is 5.67. The predicted molar refractivity (Wildman–Crippen MR) is 116 cm³/mol. The number of rotatable bonds is 5. The van der Waals surface area contributed by atoms with Gasteiger partial charge in [0, 0.05) is 43.6 Å². The second-order valence-electron chi connectivity index (χ2n) is 6.96. The largest absolute Gasteiger partial charge is 0.353 e. The summed E-state index contributed by atoms with van der Waals surface area (Å²) in [7, 11) is -3.71. The third kappa shape index (κ3) is 4.44. The van der Waals surface area contributed by atoms with Crippen LogP contribution in [0.2, 0.25) is 0 Å². The van der Waals surface area contributed by atoms with Crippen LogP contribution in [0.25, 0.3) is 0 Å². The smallest absolute Gasteiger partial charge is 0.261 e. The van der Waals surface area contributed by atoms with E-state index in [9.17, 15) is 13.2 Å². The van der Waals surface area contributed by atoms with Crippen LogP contribution in [0.15, 0.2) is 83.9 Å². The maximum atomic E-state index is 12.8. The lowest BCUT2D eigenvalue weighted by atomic mass is 10.2. The van der Waals surface area contributed by atoms with Crippen molar-refractivity contribution in [1.29, 1.82) is 0 Å². The molecule has 0 radical (unpaired) electrons. The first-order valence-electron chi connectivity index (χ1n) is 9.66. The summed E-state index contributed by atoms with van der Waals surface area (Å²) in [4.78, 5) is 21.2. The number of sulfonamides is 1. The number of hydrogen-bond acceptors (Lipinski definition) is 5. The van der Waals surface area contributed by atoms with Crippen molar-refractivity contribution < 1.29 is 13.2 Å². The van der Waals surface area contributed by atoms with Gasteiger partial charge in [-0.15, -0.1) is 0 Å². The Labute approximate surface area is 176 Å². The molecule has 1 aliphatic rings. The first-order chi connectivity index (χ1) is 14.5. The van der Waals surface area contributed by atoms with Gasteiger partial charge in [-0.1, -0.05) is 24.3 Å². The standard InChI is InChI=1S/C22H22N4O3S/c27-22(26-16-14-25(15-17-26)21-8-4-5-13-23-21)18-9-11-20(12-10-18)30(28,29)24-19-6-2-1-3-7-19/h1-13,24H,14-17H2. The number of para-hydroxylation sites is 1. The average Bonchev–Trinajstić information content (AvgIpc) is 2.80. The quantitative estimate of drug-likeness (QED) is 0.684. The number of anilines is 2. The number of piperazine rings is 1. The third-order valence-corrected chi connectivity index (χ3v) is 6.37. The van der Waals surface area contributed by atoms with E-state index in [0.717, 1.165) is 5.82 Å². The van der Waals surface area contributed by atoms with Crippen LogP contribution in [-0.2, 0) is 10.0 Å². The zero-order valence-electron chi connectivity index (χ0n) is 16.3. The molecule has 1 aromatic heterocycles. The van der Waals surface area contributed by atoms with E-state index in [2.05, 4.69) is 14.6 Å². The van der Waals surface area contributed by atoms with E-state index < -0.39 is 10.0 Å². The van der Waals surface area contributed by atoms with E-state index in [0.29, 0.717) is 37.4 Å². The topological polar surface area (TPSA) is 82.6 Å². The van der Waals surface area contributed by atoms with Gasteiger partial charge in [0.2, 0.25) is 0 Å². The van der Waals surface area contributed by atoms with E-state index >= 15 is 0 Å². The lowest BCUT2D eigenvalue weighted by molar-refractivity contribution is 0.0746. The molecule has 8 heteroatoms. The van der Waals surface area contributed by atoms with Crippen molar-refractivity contribution in [3.63, 3.8) is 0 Å². The number of carbonyl (C=O) groups excluding carboxylic acids is 1. The average molecular weight is 423 g/mol. The molecule has 1 N–H and O–H groups in total. The van der Waals surface area contributed by atoms with Crippen LogP contribution in [0.4, 0.5) is 11.5 Å². The molecular weight excluding hydrogens is 400 g/mol. The number of pyridine rings is 1. The summed E-state index contributed by atoms with van der Waals surface area (Å²) in [6, 6.07) is 20.5. The van der Waals surface area contributed by atoms with Crippen LogP contribution in [-0.4, -0.2) is 50.4 Å². The first kappa shape index (κ1) is 19.9. The van der Waals surface area contributed by atoms with Crippen molar-refractivity contribution in [2.75, 3.05) is 35.8 Å². The second kappa shape index (κ2) is 8.54. The molecule has 7 nitrogen and oxygen atoms in total. The molecule has 2 aromatic carbocycles. The molecule has 0 aliphatic carbocycles. The van der Waals surface area contributed by atoms with Crippen molar-refractivity contribution in [1.82, 2.24) is 9.88 Å². The Morgan fingerprint density at radius 3 is 2.13 bits per heavy atom. The van der Waals surface area contributed by atoms with Gasteiger partial charge in [-0.2, -0.15) is 0 Å². The van der Waals surface area contributed by atoms with Crippen LogP contribution in [0.5, 0.6) is 0 Å². The summed E-state index contributed by atoms with van der Waals surface area (Å²) in [5, 5.41) is 0. The molecule has 1 aliphatic heterocycles. The number of nitrogens with one attached hydrogen (secondary N) is 1. The Bertz CT molecular complexity index is 1100. The second-order valence-corrected chi connectivity index (χ2v) is 8.65. The summed E-state index contributed by atoms with van der Waals surface area (Å²) in [6.07, 6.45) is 1.76. The summed E-state index contributed by atoms with van der Waals surface area (Å²) in [5.74, 6) is 0.806. The van der Waals surface area contributed by atoms with Gasteiger partial charge >= 0.3 is 0 Å². The first-order valence-corrected chi connectivity index (χ1v) is 11.1.